The summed E-state index contributed by atoms with van der Waals surface area (Å²) in [4.78, 5) is 29.6. The van der Waals surface area contributed by atoms with Gasteiger partial charge in [0.25, 0.3) is 0 Å². The molecular weight excluding hydrogens is 338 g/mol. The highest BCUT2D eigenvalue weighted by Gasteiger charge is 2.50. The predicted octanol–water partition coefficient (Wildman–Crippen LogP) is 2.81. The minimum atomic E-state index is -0.0899. The lowest BCUT2D eigenvalue weighted by Gasteiger charge is -2.36. The van der Waals surface area contributed by atoms with Crippen molar-refractivity contribution in [2.75, 3.05) is 31.1 Å². The molecule has 27 heavy (non-hydrogen) atoms. The van der Waals surface area contributed by atoms with Crippen molar-refractivity contribution in [3.63, 3.8) is 0 Å². The lowest BCUT2D eigenvalue weighted by atomic mass is 10.1. The summed E-state index contributed by atoms with van der Waals surface area (Å²) in [6.07, 6.45) is 7.92. The van der Waals surface area contributed by atoms with Gasteiger partial charge < -0.3 is 15.1 Å². The van der Waals surface area contributed by atoms with E-state index in [1.54, 1.807) is 0 Å². The van der Waals surface area contributed by atoms with Crippen LogP contribution in [-0.4, -0.2) is 48.9 Å². The molecule has 2 amide bonds. The molecule has 5 heteroatoms. The van der Waals surface area contributed by atoms with Crippen molar-refractivity contribution in [3.8, 4) is 0 Å². The number of nitrogens with zero attached hydrogens (tertiary/aromatic N) is 2. The van der Waals surface area contributed by atoms with Gasteiger partial charge in [-0.3, -0.25) is 9.59 Å². The van der Waals surface area contributed by atoms with Crippen molar-refractivity contribution >= 4 is 17.5 Å². The van der Waals surface area contributed by atoms with E-state index in [0.717, 1.165) is 45.4 Å². The normalized spacial score (nSPS) is 26.4. The summed E-state index contributed by atoms with van der Waals surface area (Å²) < 4.78 is 0. The highest BCUT2D eigenvalue weighted by molar-refractivity contribution is 5.92. The fraction of sp³-hybridized carbons (Fsp3) is 0.636. The van der Waals surface area contributed by atoms with Crippen molar-refractivity contribution in [2.45, 2.75) is 51.0 Å². The number of carbonyl (C=O) groups is 2. The largest absolute Gasteiger partial charge is 0.368 e. The Labute approximate surface area is 162 Å². The van der Waals surface area contributed by atoms with Crippen LogP contribution in [-0.2, 0) is 9.59 Å². The minimum absolute atomic E-state index is 0.0842. The molecule has 0 aromatic heterocycles. The zero-order valence-corrected chi connectivity index (χ0v) is 16.1. The Bertz CT molecular complexity index is 647. The molecule has 2 unspecified atom stereocenters. The van der Waals surface area contributed by atoms with Crippen LogP contribution in [0.25, 0.3) is 0 Å². The van der Waals surface area contributed by atoms with Gasteiger partial charge in [-0.2, -0.15) is 0 Å². The van der Waals surface area contributed by atoms with Crippen molar-refractivity contribution in [1.29, 1.82) is 0 Å². The molecule has 5 nitrogen and oxygen atoms in total. The molecule has 3 aliphatic rings. The van der Waals surface area contributed by atoms with Crippen LogP contribution < -0.4 is 10.2 Å². The second-order valence-electron chi connectivity index (χ2n) is 8.29. The Balaban J connectivity index is 1.23. The standard InChI is InChI=1S/C22H31N3O2/c26-21(23-17-8-4-1-2-5-9-17)19-16-20(19)22(27)25-14-12-24(13-15-25)18-10-6-3-7-11-18/h3,6-7,10-11,17,19-20H,1-2,4-5,8-9,12-16H2,(H,23,26). The molecule has 0 radical (unpaired) electrons. The Kier molecular flexibility index (Phi) is 5.65. The van der Waals surface area contributed by atoms with Crippen LogP contribution in [0.4, 0.5) is 5.69 Å². The van der Waals surface area contributed by atoms with E-state index in [9.17, 15) is 9.59 Å². The van der Waals surface area contributed by atoms with Gasteiger partial charge in [0.2, 0.25) is 11.8 Å². The molecule has 3 fully saturated rings. The monoisotopic (exact) mass is 369 g/mol. The molecule has 2 atom stereocenters. The Morgan fingerprint density at radius 3 is 2.19 bits per heavy atom. The number of benzene rings is 1. The van der Waals surface area contributed by atoms with Crippen molar-refractivity contribution in [3.05, 3.63) is 30.3 Å². The third-order valence-electron chi connectivity index (χ3n) is 6.36. The summed E-state index contributed by atoms with van der Waals surface area (Å²) in [6, 6.07) is 10.7. The SMILES string of the molecule is O=C(NC1CCCCCC1)C1CC1C(=O)N1CCN(c2ccccc2)CC1. The number of hydrogen-bond donors (Lipinski definition) is 1. The molecule has 146 valence electrons. The van der Waals surface area contributed by atoms with E-state index in [-0.39, 0.29) is 23.7 Å². The maximum Gasteiger partial charge on any atom is 0.226 e. The van der Waals surface area contributed by atoms with Gasteiger partial charge in [0.15, 0.2) is 0 Å². The summed E-state index contributed by atoms with van der Waals surface area (Å²) in [5, 5.41) is 3.22. The number of nitrogens with one attached hydrogen (secondary N) is 1. The Hall–Kier alpha value is -2.04. The van der Waals surface area contributed by atoms with Gasteiger partial charge in [-0.15, -0.1) is 0 Å². The molecule has 1 aromatic rings. The predicted molar refractivity (Wildman–Crippen MR) is 106 cm³/mol. The number of anilines is 1. The van der Waals surface area contributed by atoms with Crippen molar-refractivity contribution < 1.29 is 9.59 Å². The summed E-state index contributed by atoms with van der Waals surface area (Å²) in [6.45, 7) is 3.23. The average Bonchev–Trinajstić information content (AvgIpc) is 3.53. The quantitative estimate of drug-likeness (QED) is 0.831. The van der Waals surface area contributed by atoms with E-state index in [0.29, 0.717) is 6.04 Å². The Morgan fingerprint density at radius 2 is 1.52 bits per heavy atom. The van der Waals surface area contributed by atoms with Crippen molar-refractivity contribution in [1.82, 2.24) is 10.2 Å². The maximum absolute atomic E-state index is 12.8. The summed E-state index contributed by atoms with van der Waals surface area (Å²) in [5.74, 6) is 0.124. The van der Waals surface area contributed by atoms with Gasteiger partial charge in [-0.05, 0) is 31.4 Å². The van der Waals surface area contributed by atoms with E-state index in [2.05, 4.69) is 34.5 Å². The van der Waals surface area contributed by atoms with Gasteiger partial charge in [0.05, 0.1) is 11.8 Å². The van der Waals surface area contributed by atoms with Crippen molar-refractivity contribution in [2.24, 2.45) is 11.8 Å². The summed E-state index contributed by atoms with van der Waals surface area (Å²) in [5.41, 5.74) is 1.22. The van der Waals surface area contributed by atoms with Crippen LogP contribution >= 0.6 is 0 Å². The van der Waals surface area contributed by atoms with E-state index in [4.69, 9.17) is 0 Å². The molecule has 1 aromatic carbocycles. The van der Waals surface area contributed by atoms with Gasteiger partial charge >= 0.3 is 0 Å². The summed E-state index contributed by atoms with van der Waals surface area (Å²) in [7, 11) is 0. The third-order valence-corrected chi connectivity index (χ3v) is 6.36. The lowest BCUT2D eigenvalue weighted by molar-refractivity contribution is -0.135. The highest BCUT2D eigenvalue weighted by Crippen LogP contribution is 2.40. The van der Waals surface area contributed by atoms with Crippen LogP contribution in [0.15, 0.2) is 30.3 Å². The molecule has 1 aliphatic heterocycles. The number of para-hydroxylation sites is 1. The smallest absolute Gasteiger partial charge is 0.226 e. The highest BCUT2D eigenvalue weighted by atomic mass is 16.2. The topological polar surface area (TPSA) is 52.7 Å². The first kappa shape index (κ1) is 18.3. The van der Waals surface area contributed by atoms with Gasteiger partial charge in [0.1, 0.15) is 0 Å². The first-order valence-electron chi connectivity index (χ1n) is 10.6. The molecule has 2 aliphatic carbocycles. The zero-order chi connectivity index (χ0) is 18.6. The van der Waals surface area contributed by atoms with Crippen LogP contribution in [0.5, 0.6) is 0 Å². The second kappa shape index (κ2) is 8.32. The number of rotatable bonds is 4. The first-order chi connectivity index (χ1) is 13.2. The van der Waals surface area contributed by atoms with Crippen LogP contribution in [0.1, 0.15) is 44.9 Å². The number of amides is 2. The average molecular weight is 370 g/mol. The summed E-state index contributed by atoms with van der Waals surface area (Å²) >= 11 is 0. The molecule has 1 N–H and O–H groups in total. The van der Waals surface area contributed by atoms with E-state index in [1.165, 1.54) is 31.4 Å². The molecule has 1 heterocycles. The van der Waals surface area contributed by atoms with E-state index in [1.807, 2.05) is 11.0 Å². The molecule has 0 spiro atoms. The molecule has 4 rings (SSSR count). The fourth-order valence-corrected chi connectivity index (χ4v) is 4.55. The molecular formula is C22H31N3O2. The first-order valence-corrected chi connectivity index (χ1v) is 10.6. The second-order valence-corrected chi connectivity index (χ2v) is 8.29. The van der Waals surface area contributed by atoms with Crippen LogP contribution in [0, 0.1) is 11.8 Å². The minimum Gasteiger partial charge on any atom is -0.368 e. The maximum atomic E-state index is 12.8. The number of hydrogen-bond acceptors (Lipinski definition) is 3. The van der Waals surface area contributed by atoms with Gasteiger partial charge in [-0.1, -0.05) is 43.9 Å². The zero-order valence-electron chi connectivity index (χ0n) is 16.1. The van der Waals surface area contributed by atoms with E-state index >= 15 is 0 Å². The third kappa shape index (κ3) is 4.45. The van der Waals surface area contributed by atoms with Crippen LogP contribution in [0.2, 0.25) is 0 Å². The lowest BCUT2D eigenvalue weighted by Crippen LogP contribution is -2.49. The molecule has 0 bridgehead atoms. The van der Waals surface area contributed by atoms with Gasteiger partial charge in [0, 0.05) is 37.9 Å². The Morgan fingerprint density at radius 1 is 0.852 bits per heavy atom. The molecule has 2 saturated carbocycles. The van der Waals surface area contributed by atoms with Gasteiger partial charge in [-0.25, -0.2) is 0 Å². The van der Waals surface area contributed by atoms with E-state index < -0.39 is 0 Å². The molecule has 1 saturated heterocycles. The number of carbonyl (C=O) groups excluding carboxylic acids is 2. The number of piperazine rings is 1. The van der Waals surface area contributed by atoms with Crippen LogP contribution in [0.3, 0.4) is 0 Å². The fourth-order valence-electron chi connectivity index (χ4n) is 4.55.